The van der Waals surface area contributed by atoms with Crippen LogP contribution in [0.15, 0.2) is 0 Å². The zero-order valence-electron chi connectivity index (χ0n) is 8.77. The summed E-state index contributed by atoms with van der Waals surface area (Å²) in [5, 5.41) is 3.05. The number of hydrogen-bond donors (Lipinski definition) is 1. The number of sulfone groups is 1. The summed E-state index contributed by atoms with van der Waals surface area (Å²) in [6.07, 6.45) is 0. The zero-order valence-corrected chi connectivity index (χ0v) is 9.59. The molecular weight excluding hydrogens is 216 g/mol. The molecule has 2 saturated heterocycles. The molecule has 0 aromatic rings. The molecule has 2 aliphatic rings. The Bertz CT molecular complexity index is 362. The number of rotatable bonds is 1. The third-order valence-corrected chi connectivity index (χ3v) is 4.88. The summed E-state index contributed by atoms with van der Waals surface area (Å²) < 4.78 is 22.7. The van der Waals surface area contributed by atoms with Gasteiger partial charge in [0, 0.05) is 25.7 Å². The van der Waals surface area contributed by atoms with Gasteiger partial charge in [-0.05, 0) is 6.92 Å². The van der Waals surface area contributed by atoms with Gasteiger partial charge in [-0.15, -0.1) is 0 Å². The Morgan fingerprint density at radius 3 is 2.53 bits per heavy atom. The Morgan fingerprint density at radius 2 is 2.07 bits per heavy atom. The van der Waals surface area contributed by atoms with Gasteiger partial charge in [-0.25, -0.2) is 8.42 Å². The van der Waals surface area contributed by atoms with E-state index in [1.165, 1.54) is 0 Å². The monoisotopic (exact) mass is 232 g/mol. The van der Waals surface area contributed by atoms with Crippen LogP contribution in [0.1, 0.15) is 6.92 Å². The summed E-state index contributed by atoms with van der Waals surface area (Å²) in [6.45, 7) is 3.63. The second-order valence-electron chi connectivity index (χ2n) is 4.35. The molecule has 6 heteroatoms. The fourth-order valence-electron chi connectivity index (χ4n) is 2.02. The molecular formula is C9H16N2O3S. The fourth-order valence-corrected chi connectivity index (χ4v) is 3.58. The maximum Gasteiger partial charge on any atom is 0.228 e. The predicted octanol–water partition coefficient (Wildman–Crippen LogP) is -1.15. The van der Waals surface area contributed by atoms with Gasteiger partial charge < -0.3 is 10.2 Å². The van der Waals surface area contributed by atoms with Crippen molar-refractivity contribution in [2.75, 3.05) is 31.1 Å². The zero-order chi connectivity index (χ0) is 11.1. The first kappa shape index (κ1) is 10.9. The second-order valence-corrected chi connectivity index (χ2v) is 6.58. The van der Waals surface area contributed by atoms with Crippen LogP contribution in [0, 0.1) is 5.92 Å². The van der Waals surface area contributed by atoms with Crippen LogP contribution in [0.5, 0.6) is 0 Å². The molecule has 0 radical (unpaired) electrons. The van der Waals surface area contributed by atoms with Gasteiger partial charge in [0.15, 0.2) is 9.84 Å². The molecule has 0 saturated carbocycles. The molecule has 1 amide bonds. The number of hydrogen-bond acceptors (Lipinski definition) is 4. The minimum absolute atomic E-state index is 0.0632. The van der Waals surface area contributed by atoms with E-state index in [-0.39, 0.29) is 29.4 Å². The van der Waals surface area contributed by atoms with Crippen molar-refractivity contribution in [1.82, 2.24) is 10.2 Å². The van der Waals surface area contributed by atoms with Crippen molar-refractivity contribution < 1.29 is 13.2 Å². The third kappa shape index (κ3) is 2.15. The number of nitrogens with zero attached hydrogens (tertiary/aromatic N) is 1. The minimum Gasteiger partial charge on any atom is -0.338 e. The maximum absolute atomic E-state index is 11.9. The van der Waals surface area contributed by atoms with Gasteiger partial charge >= 0.3 is 0 Å². The largest absolute Gasteiger partial charge is 0.338 e. The quantitative estimate of drug-likeness (QED) is 0.620. The van der Waals surface area contributed by atoms with E-state index in [4.69, 9.17) is 0 Å². The lowest BCUT2D eigenvalue weighted by molar-refractivity contribution is -0.138. The first-order valence-electron chi connectivity index (χ1n) is 5.21. The highest BCUT2D eigenvalue weighted by Crippen LogP contribution is 2.16. The molecule has 15 heavy (non-hydrogen) atoms. The Hall–Kier alpha value is -0.620. The molecule has 5 nitrogen and oxygen atoms in total. The Morgan fingerprint density at radius 1 is 1.40 bits per heavy atom. The molecule has 2 heterocycles. The van der Waals surface area contributed by atoms with Crippen molar-refractivity contribution in [1.29, 1.82) is 0 Å². The minimum atomic E-state index is -2.92. The van der Waals surface area contributed by atoms with E-state index >= 15 is 0 Å². The Labute approximate surface area is 89.7 Å². The van der Waals surface area contributed by atoms with E-state index in [2.05, 4.69) is 5.32 Å². The molecule has 86 valence electrons. The van der Waals surface area contributed by atoms with Gasteiger partial charge in [0.1, 0.15) is 0 Å². The van der Waals surface area contributed by atoms with Crippen LogP contribution in [0.2, 0.25) is 0 Å². The van der Waals surface area contributed by atoms with Crippen molar-refractivity contribution in [2.45, 2.75) is 13.0 Å². The van der Waals surface area contributed by atoms with Crippen LogP contribution in [0.25, 0.3) is 0 Å². The van der Waals surface area contributed by atoms with E-state index in [0.29, 0.717) is 6.54 Å². The summed E-state index contributed by atoms with van der Waals surface area (Å²) in [6, 6.07) is -0.170. The molecule has 0 spiro atoms. The lowest BCUT2D eigenvalue weighted by Crippen LogP contribution is -2.57. The summed E-state index contributed by atoms with van der Waals surface area (Å²) in [7, 11) is -2.92. The number of carbonyl (C=O) groups is 1. The average molecular weight is 232 g/mol. The number of carbonyl (C=O) groups excluding carboxylic acids is 1. The third-order valence-electron chi connectivity index (χ3n) is 3.08. The summed E-state index contributed by atoms with van der Waals surface area (Å²) >= 11 is 0. The van der Waals surface area contributed by atoms with Crippen LogP contribution in [0.4, 0.5) is 0 Å². The van der Waals surface area contributed by atoms with E-state index in [0.717, 1.165) is 13.1 Å². The molecule has 0 aliphatic carbocycles. The first-order valence-corrected chi connectivity index (χ1v) is 7.03. The molecule has 1 atom stereocenters. The van der Waals surface area contributed by atoms with Crippen LogP contribution < -0.4 is 5.32 Å². The van der Waals surface area contributed by atoms with Gasteiger partial charge in [0.25, 0.3) is 0 Å². The van der Waals surface area contributed by atoms with Crippen molar-refractivity contribution in [3.05, 3.63) is 0 Å². The van der Waals surface area contributed by atoms with Gasteiger partial charge in [-0.2, -0.15) is 0 Å². The fraction of sp³-hybridized carbons (Fsp3) is 0.889. The highest BCUT2D eigenvalue weighted by atomic mass is 32.2. The smallest absolute Gasteiger partial charge is 0.228 e. The molecule has 1 N–H and O–H groups in total. The van der Waals surface area contributed by atoms with E-state index < -0.39 is 9.84 Å². The number of amides is 1. The Balaban J connectivity index is 2.02. The molecule has 1 unspecified atom stereocenters. The van der Waals surface area contributed by atoms with Crippen molar-refractivity contribution in [3.8, 4) is 0 Å². The van der Waals surface area contributed by atoms with Crippen molar-refractivity contribution in [2.24, 2.45) is 5.92 Å². The van der Waals surface area contributed by atoms with Gasteiger partial charge in [0.05, 0.1) is 17.4 Å². The summed E-state index contributed by atoms with van der Waals surface area (Å²) in [5.41, 5.74) is 0. The highest BCUT2D eigenvalue weighted by Gasteiger charge is 2.36. The van der Waals surface area contributed by atoms with Crippen molar-refractivity contribution in [3.63, 3.8) is 0 Å². The van der Waals surface area contributed by atoms with E-state index in [9.17, 15) is 13.2 Å². The SMILES string of the molecule is CC1CS(=O)(=O)CCN1C(=O)C1CNC1. The molecule has 2 rings (SSSR count). The molecule has 0 aromatic carbocycles. The maximum atomic E-state index is 11.9. The first-order chi connectivity index (χ1) is 6.99. The van der Waals surface area contributed by atoms with Gasteiger partial charge in [-0.1, -0.05) is 0 Å². The van der Waals surface area contributed by atoms with Crippen LogP contribution in [0.3, 0.4) is 0 Å². The standard InChI is InChI=1S/C9H16N2O3S/c1-7-6-15(13,14)3-2-11(7)9(12)8-4-10-5-8/h7-8,10H,2-6H2,1H3. The molecule has 2 aliphatic heterocycles. The van der Waals surface area contributed by atoms with Crippen LogP contribution >= 0.6 is 0 Å². The summed E-state index contributed by atoms with van der Waals surface area (Å²) in [4.78, 5) is 13.6. The summed E-state index contributed by atoms with van der Waals surface area (Å²) in [5.74, 6) is 0.395. The van der Waals surface area contributed by atoms with Crippen LogP contribution in [-0.4, -0.2) is 56.4 Å². The predicted molar refractivity (Wildman–Crippen MR) is 56.2 cm³/mol. The second kappa shape index (κ2) is 3.75. The van der Waals surface area contributed by atoms with E-state index in [1.807, 2.05) is 0 Å². The van der Waals surface area contributed by atoms with Crippen LogP contribution in [-0.2, 0) is 14.6 Å². The molecule has 0 aromatic heterocycles. The van der Waals surface area contributed by atoms with Gasteiger partial charge in [-0.3, -0.25) is 4.79 Å². The highest BCUT2D eigenvalue weighted by molar-refractivity contribution is 7.91. The van der Waals surface area contributed by atoms with Gasteiger partial charge in [0.2, 0.25) is 5.91 Å². The lowest BCUT2D eigenvalue weighted by atomic mass is 10.0. The lowest BCUT2D eigenvalue weighted by Gasteiger charge is -2.38. The van der Waals surface area contributed by atoms with E-state index in [1.54, 1.807) is 11.8 Å². The Kier molecular flexibility index (Phi) is 2.72. The molecule has 2 fully saturated rings. The van der Waals surface area contributed by atoms with Crippen molar-refractivity contribution >= 4 is 15.7 Å². The average Bonchev–Trinajstić information content (AvgIpc) is 1.97. The number of nitrogens with one attached hydrogen (secondary N) is 1. The topological polar surface area (TPSA) is 66.5 Å². The molecule has 0 bridgehead atoms. The normalized spacial score (nSPS) is 31.0.